The summed E-state index contributed by atoms with van der Waals surface area (Å²) in [6.07, 6.45) is 0.319. The standard InChI is InChI=1S/C59H113NO23S/c1-4-6-7-8-9-10-11-12-13-14-15-16-17-18-21-25-28-31-34-42(65)56(73)60-40(46(66)41(64)33-30-27-24-22-19-20-23-26-29-32-39(3)5-2)38-77-57-50(70)48(68)53(44(36-62)79-57)81-58-51(71)49(69)54(45(37-63)80-58)82-59-52(72)55(83-84(74,75)76)47(67)43(35-61)78-59/h39-55,57-59,61-72H,4-38H2,1-3H3,(H,60,73)(H,74,75,76)/t39?,40-,41+,42+,43+,44+,45+,46-,47-,48+,49+,50+,51+,52+,53+,54-,55-,57+,58-,59-/m0/s1. The van der Waals surface area contributed by atoms with Gasteiger partial charge in [-0.2, -0.15) is 8.42 Å². The number of ether oxygens (including phenoxy) is 6. The van der Waals surface area contributed by atoms with Gasteiger partial charge in [0.2, 0.25) is 5.91 Å². The quantitative estimate of drug-likeness (QED) is 0.0305. The highest BCUT2D eigenvalue weighted by molar-refractivity contribution is 7.80. The molecule has 25 heteroatoms. The van der Waals surface area contributed by atoms with Gasteiger partial charge in [-0.25, -0.2) is 4.18 Å². The third-order valence-electron chi connectivity index (χ3n) is 16.9. The highest BCUT2D eigenvalue weighted by Crippen LogP contribution is 2.34. The van der Waals surface area contributed by atoms with Gasteiger partial charge >= 0.3 is 10.4 Å². The predicted octanol–water partition coefficient (Wildman–Crippen LogP) is 3.61. The van der Waals surface area contributed by atoms with E-state index < -0.39 is 159 Å². The van der Waals surface area contributed by atoms with Gasteiger partial charge in [0.25, 0.3) is 0 Å². The Bertz CT molecular complexity index is 1780. The van der Waals surface area contributed by atoms with Crippen molar-refractivity contribution in [2.24, 2.45) is 5.92 Å². The molecular weight excluding hydrogens is 1120 g/mol. The molecule has 0 aromatic heterocycles. The highest BCUT2D eigenvalue weighted by atomic mass is 32.3. The van der Waals surface area contributed by atoms with Crippen molar-refractivity contribution in [2.75, 3.05) is 26.4 Å². The van der Waals surface area contributed by atoms with E-state index in [1.54, 1.807) is 0 Å². The molecule has 14 N–H and O–H groups in total. The number of amides is 1. The molecule has 0 aromatic rings. The van der Waals surface area contributed by atoms with Crippen LogP contribution in [0.3, 0.4) is 0 Å². The Morgan fingerprint density at radius 3 is 1.30 bits per heavy atom. The Morgan fingerprint density at radius 1 is 0.488 bits per heavy atom. The number of hydrogen-bond donors (Lipinski definition) is 14. The minimum absolute atomic E-state index is 0.151. The SMILES string of the molecule is CCCCCCCCCCCCCCCCCCCC[C@@H](O)C(=O)N[C@@H](CO[C@@H]1O[C@H](CO)[C@@H](O[C@@H]2O[C@H](CO)[C@H](O[C@@H]3O[C@H](CO)[C@H](O)[C@H](OS(=O)(=O)O)[C@H]3O)[C@H](O)[C@H]2O)[C@H](O)[C@H]1O)[C@H](O)[C@H](O)CCCCCCCCCCCC(C)CC. The maximum absolute atomic E-state index is 13.5. The summed E-state index contributed by atoms with van der Waals surface area (Å²) in [7, 11) is -5.30. The first-order valence-electron chi connectivity index (χ1n) is 32.0. The molecule has 0 aliphatic carbocycles. The highest BCUT2D eigenvalue weighted by Gasteiger charge is 2.54. The number of aliphatic hydroxyl groups is 12. The summed E-state index contributed by atoms with van der Waals surface area (Å²) in [5.41, 5.74) is 0. The fourth-order valence-corrected chi connectivity index (χ4v) is 11.7. The molecule has 1 amide bonds. The average Bonchev–Trinajstić information content (AvgIpc) is 3.64. The summed E-state index contributed by atoms with van der Waals surface area (Å²) in [5, 5.41) is 133. The van der Waals surface area contributed by atoms with Gasteiger partial charge in [-0.15, -0.1) is 0 Å². The van der Waals surface area contributed by atoms with E-state index in [1.807, 2.05) is 0 Å². The molecule has 498 valence electrons. The summed E-state index contributed by atoms with van der Waals surface area (Å²) in [6, 6.07) is -1.36. The molecule has 84 heavy (non-hydrogen) atoms. The maximum Gasteiger partial charge on any atom is 0.397 e. The summed E-state index contributed by atoms with van der Waals surface area (Å²) in [5.74, 6) is -0.0592. The molecule has 0 radical (unpaired) electrons. The lowest BCUT2D eigenvalue weighted by Crippen LogP contribution is -2.67. The Kier molecular flexibility index (Phi) is 39.7. The van der Waals surface area contributed by atoms with Gasteiger partial charge in [0.1, 0.15) is 85.5 Å². The second kappa shape index (κ2) is 43.4. The minimum atomic E-state index is -5.30. The van der Waals surface area contributed by atoms with Crippen LogP contribution in [0.1, 0.15) is 220 Å². The molecule has 20 atom stereocenters. The van der Waals surface area contributed by atoms with Gasteiger partial charge in [0.15, 0.2) is 18.9 Å². The lowest BCUT2D eigenvalue weighted by atomic mass is 9.96. The minimum Gasteiger partial charge on any atom is -0.394 e. The van der Waals surface area contributed by atoms with Crippen LogP contribution >= 0.6 is 0 Å². The van der Waals surface area contributed by atoms with Crippen molar-refractivity contribution in [1.82, 2.24) is 5.32 Å². The molecule has 3 fully saturated rings. The van der Waals surface area contributed by atoms with Gasteiger partial charge in [-0.3, -0.25) is 9.35 Å². The van der Waals surface area contributed by atoms with Crippen LogP contribution in [0.25, 0.3) is 0 Å². The number of carbonyl (C=O) groups excluding carboxylic acids is 1. The summed E-state index contributed by atoms with van der Waals surface area (Å²) in [4.78, 5) is 13.5. The van der Waals surface area contributed by atoms with Crippen LogP contribution in [0.5, 0.6) is 0 Å². The van der Waals surface area contributed by atoms with Crippen LogP contribution in [-0.2, 0) is 47.8 Å². The van der Waals surface area contributed by atoms with E-state index in [1.165, 1.54) is 122 Å². The number of hydrogen-bond acceptors (Lipinski definition) is 22. The largest absolute Gasteiger partial charge is 0.397 e. The zero-order valence-corrected chi connectivity index (χ0v) is 51.4. The molecular formula is C59H113NO23S. The smallest absolute Gasteiger partial charge is 0.394 e. The van der Waals surface area contributed by atoms with E-state index in [0.29, 0.717) is 12.8 Å². The summed E-state index contributed by atoms with van der Waals surface area (Å²) >= 11 is 0. The predicted molar refractivity (Wildman–Crippen MR) is 309 cm³/mol. The molecule has 3 rings (SSSR count). The van der Waals surface area contributed by atoms with Crippen molar-refractivity contribution < 1.29 is 112 Å². The second-order valence-electron chi connectivity index (χ2n) is 23.9. The Morgan fingerprint density at radius 2 is 0.869 bits per heavy atom. The van der Waals surface area contributed by atoms with Gasteiger partial charge in [0.05, 0.1) is 38.6 Å². The van der Waals surface area contributed by atoms with Crippen LogP contribution in [0, 0.1) is 5.92 Å². The van der Waals surface area contributed by atoms with Gasteiger partial charge in [0, 0.05) is 0 Å². The topological polar surface area (TPSA) is 391 Å². The van der Waals surface area contributed by atoms with E-state index in [4.69, 9.17) is 28.4 Å². The van der Waals surface area contributed by atoms with Crippen molar-refractivity contribution in [3.05, 3.63) is 0 Å². The van der Waals surface area contributed by atoms with E-state index in [-0.39, 0.29) is 12.8 Å². The molecule has 1 unspecified atom stereocenters. The summed E-state index contributed by atoms with van der Waals surface area (Å²) < 4.78 is 70.5. The Labute approximate surface area is 500 Å². The van der Waals surface area contributed by atoms with E-state index in [2.05, 4.69) is 30.3 Å². The van der Waals surface area contributed by atoms with Gasteiger partial charge in [-0.05, 0) is 18.8 Å². The van der Waals surface area contributed by atoms with Gasteiger partial charge in [-0.1, -0.05) is 207 Å². The molecule has 3 aliphatic heterocycles. The van der Waals surface area contributed by atoms with E-state index in [0.717, 1.165) is 57.3 Å². The lowest BCUT2D eigenvalue weighted by molar-refractivity contribution is -0.379. The first-order valence-corrected chi connectivity index (χ1v) is 33.4. The first kappa shape index (κ1) is 76.9. The molecule has 3 heterocycles. The van der Waals surface area contributed by atoms with Crippen LogP contribution in [0.4, 0.5) is 0 Å². The van der Waals surface area contributed by atoms with Crippen LogP contribution in [0.15, 0.2) is 0 Å². The van der Waals surface area contributed by atoms with Crippen molar-refractivity contribution >= 4 is 16.3 Å². The van der Waals surface area contributed by atoms with Crippen molar-refractivity contribution in [2.45, 2.75) is 336 Å². The number of rotatable bonds is 48. The van der Waals surface area contributed by atoms with Crippen LogP contribution < -0.4 is 5.32 Å². The molecule has 0 aromatic carbocycles. The zero-order chi connectivity index (χ0) is 62.0. The Balaban J connectivity index is 1.56. The molecule has 0 spiro atoms. The Hall–Kier alpha value is -1.38. The fourth-order valence-electron chi connectivity index (χ4n) is 11.2. The van der Waals surface area contributed by atoms with Crippen LogP contribution in [0.2, 0.25) is 0 Å². The number of nitrogens with one attached hydrogen (secondary N) is 1. The molecule has 0 bridgehead atoms. The van der Waals surface area contributed by atoms with Gasteiger partial charge < -0.3 is 95.0 Å². The molecule has 0 saturated carbocycles. The van der Waals surface area contributed by atoms with E-state index >= 15 is 0 Å². The monoisotopic (exact) mass is 1240 g/mol. The zero-order valence-electron chi connectivity index (χ0n) is 50.6. The van der Waals surface area contributed by atoms with E-state index in [9.17, 15) is 79.0 Å². The number of unbranched alkanes of at least 4 members (excludes halogenated alkanes) is 25. The summed E-state index contributed by atoms with van der Waals surface area (Å²) in [6.45, 7) is 3.24. The maximum atomic E-state index is 13.5. The molecule has 3 saturated heterocycles. The number of carbonyl (C=O) groups is 1. The van der Waals surface area contributed by atoms with Crippen LogP contribution in [-0.4, -0.2) is 223 Å². The third kappa shape index (κ3) is 28.2. The third-order valence-corrected chi connectivity index (χ3v) is 17.3. The average molecular weight is 1240 g/mol. The lowest BCUT2D eigenvalue weighted by Gasteiger charge is -2.48. The number of aliphatic hydroxyl groups excluding tert-OH is 12. The van der Waals surface area contributed by atoms with Crippen molar-refractivity contribution in [1.29, 1.82) is 0 Å². The normalized spacial score (nSPS) is 30.5. The molecule has 24 nitrogen and oxygen atoms in total. The van der Waals surface area contributed by atoms with Crippen molar-refractivity contribution in [3.8, 4) is 0 Å². The van der Waals surface area contributed by atoms with Crippen molar-refractivity contribution in [3.63, 3.8) is 0 Å². The second-order valence-corrected chi connectivity index (χ2v) is 25.0. The fraction of sp³-hybridized carbons (Fsp3) is 0.983. The first-order chi connectivity index (χ1) is 40.2. The molecule has 3 aliphatic rings.